The van der Waals surface area contributed by atoms with Gasteiger partial charge in [0.05, 0.1) is 11.0 Å². The molecule has 0 fully saturated rings. The third-order valence-electron chi connectivity index (χ3n) is 5.93. The molecule has 2 aromatic heterocycles. The summed E-state index contributed by atoms with van der Waals surface area (Å²) < 4.78 is 2.26. The van der Waals surface area contributed by atoms with E-state index in [2.05, 4.69) is 73.8 Å². The van der Waals surface area contributed by atoms with E-state index in [9.17, 15) is 0 Å². The molecule has 0 saturated heterocycles. The molecule has 0 N–H and O–H groups in total. The van der Waals surface area contributed by atoms with Crippen LogP contribution in [-0.4, -0.2) is 9.38 Å². The van der Waals surface area contributed by atoms with E-state index in [1.165, 1.54) is 40.3 Å². The summed E-state index contributed by atoms with van der Waals surface area (Å²) in [5.41, 5.74) is 6.66. The van der Waals surface area contributed by atoms with Gasteiger partial charge in [-0.3, -0.25) is 4.40 Å². The van der Waals surface area contributed by atoms with E-state index >= 15 is 0 Å². The third kappa shape index (κ3) is 1.80. The molecule has 0 aliphatic heterocycles. The Morgan fingerprint density at radius 1 is 1.12 bits per heavy atom. The van der Waals surface area contributed by atoms with E-state index in [0.29, 0.717) is 5.92 Å². The van der Waals surface area contributed by atoms with Gasteiger partial charge in [0.2, 0.25) is 0 Å². The van der Waals surface area contributed by atoms with Crippen molar-refractivity contribution in [3.05, 3.63) is 59.8 Å². The first-order chi connectivity index (χ1) is 11.5. The maximum atomic E-state index is 5.01. The van der Waals surface area contributed by atoms with Crippen LogP contribution in [0.4, 0.5) is 0 Å². The summed E-state index contributed by atoms with van der Waals surface area (Å²) in [6.07, 6.45) is 4.69. The molecule has 2 aromatic carbocycles. The Bertz CT molecular complexity index is 1100. The van der Waals surface area contributed by atoms with Crippen LogP contribution in [0.1, 0.15) is 50.7 Å². The number of benzene rings is 2. The molecule has 1 aliphatic carbocycles. The van der Waals surface area contributed by atoms with Crippen LogP contribution in [0.5, 0.6) is 0 Å². The van der Waals surface area contributed by atoms with Crippen LogP contribution >= 0.6 is 0 Å². The fourth-order valence-electron chi connectivity index (χ4n) is 4.36. The van der Waals surface area contributed by atoms with Crippen LogP contribution in [0.2, 0.25) is 0 Å². The lowest BCUT2D eigenvalue weighted by Crippen LogP contribution is -2.25. The number of hydrogen-bond acceptors (Lipinski definition) is 1. The van der Waals surface area contributed by atoms with Gasteiger partial charge >= 0.3 is 0 Å². The summed E-state index contributed by atoms with van der Waals surface area (Å²) in [4.78, 5) is 5.01. The first-order valence-electron chi connectivity index (χ1n) is 8.88. The lowest BCUT2D eigenvalue weighted by molar-refractivity contribution is 0.403. The van der Waals surface area contributed by atoms with Crippen molar-refractivity contribution in [2.75, 3.05) is 0 Å². The van der Waals surface area contributed by atoms with Gasteiger partial charge in [-0.15, -0.1) is 0 Å². The summed E-state index contributed by atoms with van der Waals surface area (Å²) in [5, 5.41) is 2.47. The van der Waals surface area contributed by atoms with Crippen molar-refractivity contribution in [3.63, 3.8) is 0 Å². The average Bonchev–Trinajstić information content (AvgIpc) is 2.96. The predicted octanol–water partition coefficient (Wildman–Crippen LogP) is 5.82. The van der Waals surface area contributed by atoms with Crippen molar-refractivity contribution < 1.29 is 0 Å². The smallest absolute Gasteiger partial charge is 0.145 e. The molecule has 2 heteroatoms. The third-order valence-corrected chi connectivity index (χ3v) is 5.93. The molecule has 0 bridgehead atoms. The van der Waals surface area contributed by atoms with E-state index in [1.54, 1.807) is 0 Å². The molecule has 24 heavy (non-hydrogen) atoms. The zero-order chi connectivity index (χ0) is 16.5. The van der Waals surface area contributed by atoms with E-state index in [-0.39, 0.29) is 5.41 Å². The minimum absolute atomic E-state index is 0.244. The minimum Gasteiger partial charge on any atom is -0.299 e. The van der Waals surface area contributed by atoms with E-state index in [0.717, 1.165) is 11.2 Å². The van der Waals surface area contributed by atoms with Crippen molar-refractivity contribution in [2.45, 2.75) is 44.9 Å². The number of rotatable bonds is 0. The topological polar surface area (TPSA) is 17.3 Å². The van der Waals surface area contributed by atoms with Gasteiger partial charge in [0, 0.05) is 11.6 Å². The Labute approximate surface area is 142 Å². The molecule has 0 saturated carbocycles. The minimum atomic E-state index is 0.244. The molecule has 4 aromatic rings. The standard InChI is InChI=1S/C22H22N2/c1-14-8-10-22(2,3)18-13-19-20(12-17(14)18)24-11-9-15-6-4-5-7-16(15)21(24)23-19/h4-7,9,11-14H,8,10H2,1-3H3. The Hall–Kier alpha value is -2.35. The van der Waals surface area contributed by atoms with Crippen molar-refractivity contribution in [2.24, 2.45) is 0 Å². The van der Waals surface area contributed by atoms with Crippen LogP contribution in [-0.2, 0) is 5.41 Å². The van der Waals surface area contributed by atoms with Gasteiger partial charge in [-0.2, -0.15) is 0 Å². The van der Waals surface area contributed by atoms with Gasteiger partial charge < -0.3 is 0 Å². The molecule has 2 nitrogen and oxygen atoms in total. The van der Waals surface area contributed by atoms with Gasteiger partial charge in [-0.25, -0.2) is 4.98 Å². The largest absolute Gasteiger partial charge is 0.299 e. The van der Waals surface area contributed by atoms with Gasteiger partial charge in [0.25, 0.3) is 0 Å². The van der Waals surface area contributed by atoms with E-state index in [4.69, 9.17) is 4.98 Å². The highest BCUT2D eigenvalue weighted by Gasteiger charge is 2.31. The quantitative estimate of drug-likeness (QED) is 0.400. The molecule has 0 amide bonds. The van der Waals surface area contributed by atoms with Crippen LogP contribution in [0.3, 0.4) is 0 Å². The number of imidazole rings is 1. The molecule has 0 spiro atoms. The van der Waals surface area contributed by atoms with E-state index < -0.39 is 0 Å². The van der Waals surface area contributed by atoms with Crippen molar-refractivity contribution >= 4 is 27.5 Å². The second-order valence-electron chi connectivity index (χ2n) is 7.96. The Kier molecular flexibility index (Phi) is 2.69. The highest BCUT2D eigenvalue weighted by molar-refractivity contribution is 5.98. The highest BCUT2D eigenvalue weighted by Crippen LogP contribution is 2.44. The average molecular weight is 314 g/mol. The summed E-state index contributed by atoms with van der Waals surface area (Å²) in [6.45, 7) is 7.10. The summed E-state index contributed by atoms with van der Waals surface area (Å²) >= 11 is 0. The van der Waals surface area contributed by atoms with E-state index in [1.807, 2.05) is 0 Å². The molecule has 1 atom stereocenters. The Morgan fingerprint density at radius 3 is 2.83 bits per heavy atom. The van der Waals surface area contributed by atoms with Crippen LogP contribution in [0, 0.1) is 0 Å². The van der Waals surface area contributed by atoms with Gasteiger partial charge in [-0.1, -0.05) is 45.0 Å². The summed E-state index contributed by atoms with van der Waals surface area (Å²) in [5.74, 6) is 0.628. The molecule has 120 valence electrons. The maximum Gasteiger partial charge on any atom is 0.145 e. The zero-order valence-electron chi connectivity index (χ0n) is 14.5. The normalized spacial score (nSPS) is 19.9. The number of aromatic nitrogens is 2. The summed E-state index contributed by atoms with van der Waals surface area (Å²) in [7, 11) is 0. The molecule has 0 radical (unpaired) electrons. The number of fused-ring (bicyclic) bond motifs is 6. The monoisotopic (exact) mass is 314 g/mol. The first-order valence-corrected chi connectivity index (χ1v) is 8.88. The van der Waals surface area contributed by atoms with Crippen LogP contribution in [0.25, 0.3) is 27.5 Å². The second kappa shape index (κ2) is 4.60. The molecule has 1 aliphatic rings. The molecular formula is C22H22N2. The Balaban J connectivity index is 1.92. The highest BCUT2D eigenvalue weighted by atomic mass is 15.0. The van der Waals surface area contributed by atoms with Crippen molar-refractivity contribution in [1.29, 1.82) is 0 Å². The molecule has 1 unspecified atom stereocenters. The van der Waals surface area contributed by atoms with Crippen molar-refractivity contribution in [1.82, 2.24) is 9.38 Å². The molecular weight excluding hydrogens is 292 g/mol. The van der Waals surface area contributed by atoms with Crippen LogP contribution in [0.15, 0.2) is 48.7 Å². The first kappa shape index (κ1) is 14.0. The number of pyridine rings is 1. The fourth-order valence-corrected chi connectivity index (χ4v) is 4.36. The second-order valence-corrected chi connectivity index (χ2v) is 7.96. The zero-order valence-corrected chi connectivity index (χ0v) is 14.5. The number of nitrogens with zero attached hydrogens (tertiary/aromatic N) is 2. The van der Waals surface area contributed by atoms with Crippen molar-refractivity contribution in [3.8, 4) is 0 Å². The maximum absolute atomic E-state index is 5.01. The molecule has 2 heterocycles. The SMILES string of the molecule is CC1CCC(C)(C)c2cc3nc4c5ccccc5ccn4c3cc21. The molecule has 5 rings (SSSR count). The van der Waals surface area contributed by atoms with Gasteiger partial charge in [0.15, 0.2) is 0 Å². The van der Waals surface area contributed by atoms with Crippen LogP contribution < -0.4 is 0 Å². The summed E-state index contributed by atoms with van der Waals surface area (Å²) in [6, 6.07) is 15.4. The lowest BCUT2D eigenvalue weighted by atomic mass is 9.69. The predicted molar refractivity (Wildman–Crippen MR) is 101 cm³/mol. The number of hydrogen-bond donors (Lipinski definition) is 0. The Morgan fingerprint density at radius 2 is 1.96 bits per heavy atom. The lowest BCUT2D eigenvalue weighted by Gasteiger charge is -2.35. The fraction of sp³-hybridized carbons (Fsp3) is 0.318. The van der Waals surface area contributed by atoms with Gasteiger partial charge in [-0.05, 0) is 58.9 Å². The van der Waals surface area contributed by atoms with Gasteiger partial charge in [0.1, 0.15) is 5.65 Å².